The number of aromatic nitrogens is 2. The third kappa shape index (κ3) is 4.10. The standard InChI is InChI=1S/C12H20N4OS/c1-9(2)7-16(5-4-11(13)18)12(17)10-6-14-8-15(10)3/h6,8-9H,4-5,7H2,1-3H3,(H2,13,18). The van der Waals surface area contributed by atoms with E-state index >= 15 is 0 Å². The van der Waals surface area contributed by atoms with Crippen molar-refractivity contribution in [2.75, 3.05) is 13.1 Å². The molecule has 0 atom stereocenters. The van der Waals surface area contributed by atoms with Crippen molar-refractivity contribution >= 4 is 23.1 Å². The number of imidazole rings is 1. The summed E-state index contributed by atoms with van der Waals surface area (Å²) < 4.78 is 1.72. The lowest BCUT2D eigenvalue weighted by Gasteiger charge is -2.24. The van der Waals surface area contributed by atoms with Crippen LogP contribution in [0.4, 0.5) is 0 Å². The lowest BCUT2D eigenvalue weighted by molar-refractivity contribution is 0.0731. The van der Waals surface area contributed by atoms with E-state index in [1.54, 1.807) is 29.0 Å². The van der Waals surface area contributed by atoms with Crippen LogP contribution in [0.1, 0.15) is 30.8 Å². The topological polar surface area (TPSA) is 64.2 Å². The third-order valence-electron chi connectivity index (χ3n) is 2.54. The van der Waals surface area contributed by atoms with Gasteiger partial charge in [0.15, 0.2) is 0 Å². The first-order valence-corrected chi connectivity index (χ1v) is 6.36. The minimum Gasteiger partial charge on any atom is -0.393 e. The summed E-state index contributed by atoms with van der Waals surface area (Å²) in [5.41, 5.74) is 6.08. The molecule has 0 aliphatic rings. The molecule has 0 radical (unpaired) electrons. The summed E-state index contributed by atoms with van der Waals surface area (Å²) >= 11 is 4.86. The molecule has 0 aromatic carbocycles. The van der Waals surface area contributed by atoms with Gasteiger partial charge in [0.05, 0.1) is 17.5 Å². The van der Waals surface area contributed by atoms with Gasteiger partial charge in [-0.2, -0.15) is 0 Å². The fraction of sp³-hybridized carbons (Fsp3) is 0.583. The lowest BCUT2D eigenvalue weighted by atomic mass is 10.2. The first kappa shape index (κ1) is 14.6. The van der Waals surface area contributed by atoms with Crippen LogP contribution in [0.2, 0.25) is 0 Å². The summed E-state index contributed by atoms with van der Waals surface area (Å²) in [5.74, 6) is 0.369. The maximum absolute atomic E-state index is 12.4. The van der Waals surface area contributed by atoms with Crippen LogP contribution in [0.25, 0.3) is 0 Å². The predicted molar refractivity (Wildman–Crippen MR) is 75.4 cm³/mol. The van der Waals surface area contributed by atoms with Crippen LogP contribution in [-0.4, -0.2) is 38.4 Å². The second-order valence-electron chi connectivity index (χ2n) is 4.75. The average molecular weight is 268 g/mol. The molecule has 1 amide bonds. The van der Waals surface area contributed by atoms with Crippen LogP contribution in [0.15, 0.2) is 12.5 Å². The summed E-state index contributed by atoms with van der Waals surface area (Å²) in [5, 5.41) is 0. The van der Waals surface area contributed by atoms with Crippen molar-refractivity contribution < 1.29 is 4.79 Å². The smallest absolute Gasteiger partial charge is 0.272 e. The highest BCUT2D eigenvalue weighted by Gasteiger charge is 2.19. The first-order chi connectivity index (χ1) is 8.41. The average Bonchev–Trinajstić information content (AvgIpc) is 2.69. The molecule has 0 aliphatic carbocycles. The lowest BCUT2D eigenvalue weighted by Crippen LogP contribution is -2.37. The largest absolute Gasteiger partial charge is 0.393 e. The van der Waals surface area contributed by atoms with E-state index in [1.807, 2.05) is 0 Å². The summed E-state index contributed by atoms with van der Waals surface area (Å²) in [7, 11) is 1.81. The second-order valence-corrected chi connectivity index (χ2v) is 5.28. The van der Waals surface area contributed by atoms with Crippen LogP contribution in [0.3, 0.4) is 0 Å². The van der Waals surface area contributed by atoms with Crippen molar-refractivity contribution in [3.05, 3.63) is 18.2 Å². The molecule has 0 spiro atoms. The monoisotopic (exact) mass is 268 g/mol. The maximum atomic E-state index is 12.4. The van der Waals surface area contributed by atoms with Crippen molar-refractivity contribution in [1.82, 2.24) is 14.5 Å². The van der Waals surface area contributed by atoms with Crippen molar-refractivity contribution in [3.8, 4) is 0 Å². The number of carbonyl (C=O) groups excluding carboxylic acids is 1. The zero-order chi connectivity index (χ0) is 13.7. The van der Waals surface area contributed by atoms with Crippen LogP contribution in [0, 0.1) is 5.92 Å². The van der Waals surface area contributed by atoms with Crippen molar-refractivity contribution in [3.63, 3.8) is 0 Å². The molecule has 0 bridgehead atoms. The van der Waals surface area contributed by atoms with E-state index in [2.05, 4.69) is 18.8 Å². The summed E-state index contributed by atoms with van der Waals surface area (Å²) in [6, 6.07) is 0. The number of rotatable bonds is 6. The van der Waals surface area contributed by atoms with Gasteiger partial charge in [-0.15, -0.1) is 0 Å². The van der Waals surface area contributed by atoms with Gasteiger partial charge in [-0.25, -0.2) is 4.98 Å². The van der Waals surface area contributed by atoms with Crippen molar-refractivity contribution in [1.29, 1.82) is 0 Å². The quantitative estimate of drug-likeness (QED) is 0.787. The summed E-state index contributed by atoms with van der Waals surface area (Å²) in [4.78, 5) is 18.5. The van der Waals surface area contributed by atoms with Gasteiger partial charge >= 0.3 is 0 Å². The Morgan fingerprint density at radius 2 is 2.28 bits per heavy atom. The van der Waals surface area contributed by atoms with Gasteiger partial charge < -0.3 is 15.2 Å². The van der Waals surface area contributed by atoms with Gasteiger partial charge in [0.1, 0.15) is 5.69 Å². The van der Waals surface area contributed by atoms with E-state index in [4.69, 9.17) is 18.0 Å². The van der Waals surface area contributed by atoms with Gasteiger partial charge in [0.25, 0.3) is 5.91 Å². The number of aryl methyl sites for hydroxylation is 1. The molecule has 18 heavy (non-hydrogen) atoms. The van der Waals surface area contributed by atoms with E-state index in [0.717, 1.165) is 0 Å². The Hall–Kier alpha value is -1.43. The fourth-order valence-electron chi connectivity index (χ4n) is 1.69. The van der Waals surface area contributed by atoms with Crippen molar-refractivity contribution in [2.24, 2.45) is 18.7 Å². The van der Waals surface area contributed by atoms with E-state index in [9.17, 15) is 4.79 Å². The molecule has 100 valence electrons. The fourth-order valence-corrected chi connectivity index (χ4v) is 1.78. The minimum absolute atomic E-state index is 0.0278. The second kappa shape index (κ2) is 6.49. The minimum atomic E-state index is -0.0278. The molecule has 0 aliphatic heterocycles. The van der Waals surface area contributed by atoms with Gasteiger partial charge in [0.2, 0.25) is 0 Å². The molecule has 1 aromatic heterocycles. The molecule has 0 saturated carbocycles. The predicted octanol–water partition coefficient (Wildman–Crippen LogP) is 1.19. The number of thiocarbonyl (C=S) groups is 1. The normalized spacial score (nSPS) is 10.7. The Morgan fingerprint density at radius 3 is 2.72 bits per heavy atom. The van der Waals surface area contributed by atoms with Crippen LogP contribution < -0.4 is 5.73 Å². The Bertz CT molecular complexity index is 427. The Morgan fingerprint density at radius 1 is 1.61 bits per heavy atom. The molecule has 1 heterocycles. The first-order valence-electron chi connectivity index (χ1n) is 5.95. The summed E-state index contributed by atoms with van der Waals surface area (Å²) in [6.07, 6.45) is 3.75. The number of nitrogens with zero attached hydrogens (tertiary/aromatic N) is 3. The molecule has 1 aromatic rings. The molecule has 1 rings (SSSR count). The van der Waals surface area contributed by atoms with E-state index in [-0.39, 0.29) is 5.91 Å². The Labute approximate surface area is 113 Å². The highest BCUT2D eigenvalue weighted by Crippen LogP contribution is 2.07. The van der Waals surface area contributed by atoms with Gasteiger partial charge in [-0.05, 0) is 5.92 Å². The highest BCUT2D eigenvalue weighted by atomic mass is 32.1. The van der Waals surface area contributed by atoms with Crippen LogP contribution >= 0.6 is 12.2 Å². The number of hydrogen-bond donors (Lipinski definition) is 1. The zero-order valence-corrected chi connectivity index (χ0v) is 11.9. The number of hydrogen-bond acceptors (Lipinski definition) is 3. The number of carbonyl (C=O) groups is 1. The zero-order valence-electron chi connectivity index (χ0n) is 11.1. The molecule has 5 nitrogen and oxygen atoms in total. The number of amides is 1. The Balaban J connectivity index is 2.78. The number of nitrogens with two attached hydrogens (primary N) is 1. The SMILES string of the molecule is CC(C)CN(CCC(N)=S)C(=O)c1cncn1C. The van der Waals surface area contributed by atoms with Crippen molar-refractivity contribution in [2.45, 2.75) is 20.3 Å². The molecule has 0 unspecified atom stereocenters. The maximum Gasteiger partial charge on any atom is 0.272 e. The molecular formula is C12H20N4OS. The molecular weight excluding hydrogens is 248 g/mol. The molecule has 2 N–H and O–H groups in total. The van der Waals surface area contributed by atoms with Crippen LogP contribution in [-0.2, 0) is 7.05 Å². The van der Waals surface area contributed by atoms with E-state index in [1.165, 1.54) is 0 Å². The third-order valence-corrected chi connectivity index (χ3v) is 2.74. The summed E-state index contributed by atoms with van der Waals surface area (Å²) in [6.45, 7) is 5.39. The van der Waals surface area contributed by atoms with E-state index in [0.29, 0.717) is 36.1 Å². The molecule has 0 fully saturated rings. The van der Waals surface area contributed by atoms with E-state index < -0.39 is 0 Å². The molecule has 6 heteroatoms. The highest BCUT2D eigenvalue weighted by molar-refractivity contribution is 7.80. The Kier molecular flexibility index (Phi) is 5.27. The van der Waals surface area contributed by atoms with Gasteiger partial charge in [-0.1, -0.05) is 26.1 Å². The van der Waals surface area contributed by atoms with Gasteiger partial charge in [-0.3, -0.25) is 4.79 Å². The van der Waals surface area contributed by atoms with Crippen LogP contribution in [0.5, 0.6) is 0 Å². The van der Waals surface area contributed by atoms with Gasteiger partial charge in [0, 0.05) is 26.6 Å². The molecule has 0 saturated heterocycles.